The van der Waals surface area contributed by atoms with E-state index in [0.717, 1.165) is 12.6 Å². The van der Waals surface area contributed by atoms with Gasteiger partial charge < -0.3 is 10.2 Å². The summed E-state index contributed by atoms with van der Waals surface area (Å²) >= 11 is 3.66. The summed E-state index contributed by atoms with van der Waals surface area (Å²) < 4.78 is 1.19. The number of nitrogens with zero attached hydrogens (tertiary/aromatic N) is 1. The molecule has 1 fully saturated rings. The summed E-state index contributed by atoms with van der Waals surface area (Å²) in [6.45, 7) is 9.05. The highest BCUT2D eigenvalue weighted by atomic mass is 79.9. The van der Waals surface area contributed by atoms with Crippen molar-refractivity contribution in [3.8, 4) is 0 Å². The third-order valence-electron chi connectivity index (χ3n) is 4.21. The fraction of sp³-hybridized carbons (Fsp3) is 0.667. The van der Waals surface area contributed by atoms with Crippen LogP contribution in [-0.4, -0.2) is 19.1 Å². The number of halogens is 1. The summed E-state index contributed by atoms with van der Waals surface area (Å²) in [4.78, 5) is 2.65. The van der Waals surface area contributed by atoms with Crippen molar-refractivity contribution >= 4 is 21.6 Å². The van der Waals surface area contributed by atoms with E-state index < -0.39 is 0 Å². The van der Waals surface area contributed by atoms with Crippen LogP contribution in [0.1, 0.15) is 64.5 Å². The molecule has 0 aliphatic heterocycles. The molecule has 3 heteroatoms. The second-order valence-corrected chi connectivity index (χ2v) is 7.07. The van der Waals surface area contributed by atoms with Gasteiger partial charge in [0.25, 0.3) is 0 Å². The molecule has 1 N–H and O–H groups in total. The maximum absolute atomic E-state index is 3.66. The summed E-state index contributed by atoms with van der Waals surface area (Å²) in [7, 11) is 0. The first-order valence-corrected chi connectivity index (χ1v) is 9.26. The average molecular weight is 353 g/mol. The molecule has 0 aromatic heterocycles. The first-order chi connectivity index (χ1) is 10.2. The maximum atomic E-state index is 3.66. The third kappa shape index (κ3) is 4.72. The molecule has 1 saturated carbocycles. The van der Waals surface area contributed by atoms with Crippen LogP contribution in [0.2, 0.25) is 0 Å². The van der Waals surface area contributed by atoms with Crippen molar-refractivity contribution in [1.82, 2.24) is 5.32 Å². The molecule has 1 atom stereocenters. The van der Waals surface area contributed by atoms with E-state index >= 15 is 0 Å². The molecule has 1 aromatic carbocycles. The lowest BCUT2D eigenvalue weighted by atomic mass is 10.0. The largest absolute Gasteiger partial charge is 0.368 e. The SMILES string of the molecule is CCCCN(c1cc(Br)ccc1C(C)NCCC)C1CC1. The van der Waals surface area contributed by atoms with Gasteiger partial charge in [0.1, 0.15) is 0 Å². The van der Waals surface area contributed by atoms with Crippen LogP contribution in [0.3, 0.4) is 0 Å². The fourth-order valence-electron chi connectivity index (χ4n) is 2.82. The Labute approximate surface area is 138 Å². The Balaban J connectivity index is 2.23. The van der Waals surface area contributed by atoms with Crippen LogP contribution >= 0.6 is 15.9 Å². The van der Waals surface area contributed by atoms with Crippen LogP contribution in [0.4, 0.5) is 5.69 Å². The Kier molecular flexibility index (Phi) is 6.56. The minimum absolute atomic E-state index is 0.413. The highest BCUT2D eigenvalue weighted by Gasteiger charge is 2.30. The Hall–Kier alpha value is -0.540. The highest BCUT2D eigenvalue weighted by molar-refractivity contribution is 9.10. The van der Waals surface area contributed by atoms with E-state index in [0.29, 0.717) is 6.04 Å². The molecule has 0 amide bonds. The number of hydrogen-bond donors (Lipinski definition) is 1. The van der Waals surface area contributed by atoms with Gasteiger partial charge in [-0.2, -0.15) is 0 Å². The van der Waals surface area contributed by atoms with Gasteiger partial charge in [-0.15, -0.1) is 0 Å². The van der Waals surface area contributed by atoms with Gasteiger partial charge in [0.15, 0.2) is 0 Å². The molecule has 0 bridgehead atoms. The number of hydrogen-bond acceptors (Lipinski definition) is 2. The lowest BCUT2D eigenvalue weighted by molar-refractivity contribution is 0.567. The minimum atomic E-state index is 0.413. The van der Waals surface area contributed by atoms with Crippen LogP contribution in [0.25, 0.3) is 0 Å². The molecule has 0 heterocycles. The second-order valence-electron chi connectivity index (χ2n) is 6.16. The van der Waals surface area contributed by atoms with Crippen molar-refractivity contribution in [3.63, 3.8) is 0 Å². The summed E-state index contributed by atoms with van der Waals surface area (Å²) in [6.07, 6.45) is 6.42. The molecule has 21 heavy (non-hydrogen) atoms. The van der Waals surface area contributed by atoms with Crippen LogP contribution in [0.15, 0.2) is 22.7 Å². The molecular weight excluding hydrogens is 324 g/mol. The van der Waals surface area contributed by atoms with Crippen molar-refractivity contribution in [2.24, 2.45) is 0 Å². The summed E-state index contributed by atoms with van der Waals surface area (Å²) in [6, 6.07) is 7.95. The molecule has 1 aromatic rings. The van der Waals surface area contributed by atoms with Gasteiger partial charge in [0.2, 0.25) is 0 Å². The average Bonchev–Trinajstić information content (AvgIpc) is 3.30. The van der Waals surface area contributed by atoms with Gasteiger partial charge in [0, 0.05) is 28.8 Å². The zero-order valence-electron chi connectivity index (χ0n) is 13.7. The second kappa shape index (κ2) is 8.19. The van der Waals surface area contributed by atoms with Crippen molar-refractivity contribution in [1.29, 1.82) is 0 Å². The molecule has 1 aliphatic rings. The Bertz CT molecular complexity index is 443. The quantitative estimate of drug-likeness (QED) is 0.650. The van der Waals surface area contributed by atoms with Crippen LogP contribution in [0, 0.1) is 0 Å². The molecule has 0 radical (unpaired) electrons. The van der Waals surface area contributed by atoms with Crippen LogP contribution in [0.5, 0.6) is 0 Å². The van der Waals surface area contributed by atoms with E-state index in [1.54, 1.807) is 0 Å². The first-order valence-electron chi connectivity index (χ1n) is 8.46. The van der Waals surface area contributed by atoms with E-state index in [1.807, 2.05) is 0 Å². The molecule has 1 aliphatic carbocycles. The van der Waals surface area contributed by atoms with E-state index in [-0.39, 0.29) is 0 Å². The van der Waals surface area contributed by atoms with E-state index in [2.05, 4.69) is 65.1 Å². The fourth-order valence-corrected chi connectivity index (χ4v) is 3.17. The van der Waals surface area contributed by atoms with Crippen LogP contribution < -0.4 is 10.2 Å². The Morgan fingerprint density at radius 1 is 1.29 bits per heavy atom. The van der Waals surface area contributed by atoms with Crippen molar-refractivity contribution in [2.45, 2.75) is 65.0 Å². The minimum Gasteiger partial charge on any atom is -0.368 e. The van der Waals surface area contributed by atoms with Gasteiger partial charge in [-0.25, -0.2) is 0 Å². The molecule has 2 nitrogen and oxygen atoms in total. The van der Waals surface area contributed by atoms with Gasteiger partial charge in [-0.3, -0.25) is 0 Å². The smallest absolute Gasteiger partial charge is 0.0428 e. The number of anilines is 1. The molecule has 118 valence electrons. The maximum Gasteiger partial charge on any atom is 0.0428 e. The topological polar surface area (TPSA) is 15.3 Å². The zero-order valence-corrected chi connectivity index (χ0v) is 15.2. The van der Waals surface area contributed by atoms with E-state index in [1.165, 1.54) is 54.4 Å². The molecule has 1 unspecified atom stereocenters. The Morgan fingerprint density at radius 3 is 2.67 bits per heavy atom. The predicted molar refractivity (Wildman–Crippen MR) is 96.1 cm³/mol. The van der Waals surface area contributed by atoms with Crippen molar-refractivity contribution in [2.75, 3.05) is 18.0 Å². The predicted octanol–water partition coefficient (Wildman–Crippen LogP) is 5.28. The molecular formula is C18H29BrN2. The van der Waals surface area contributed by atoms with Crippen molar-refractivity contribution < 1.29 is 0 Å². The van der Waals surface area contributed by atoms with Crippen molar-refractivity contribution in [3.05, 3.63) is 28.2 Å². The standard InChI is InChI=1S/C18H29BrN2/c1-4-6-12-21(16-8-9-16)18-13-15(19)7-10-17(18)14(3)20-11-5-2/h7,10,13-14,16,20H,4-6,8-9,11-12H2,1-3H3. The number of nitrogens with one attached hydrogen (secondary N) is 1. The lowest BCUT2D eigenvalue weighted by Crippen LogP contribution is -2.30. The van der Waals surface area contributed by atoms with Crippen LogP contribution in [-0.2, 0) is 0 Å². The molecule has 0 spiro atoms. The molecule has 0 saturated heterocycles. The lowest BCUT2D eigenvalue weighted by Gasteiger charge is -2.29. The van der Waals surface area contributed by atoms with Gasteiger partial charge >= 0.3 is 0 Å². The van der Waals surface area contributed by atoms with Gasteiger partial charge in [-0.05, 0) is 56.8 Å². The summed E-state index contributed by atoms with van der Waals surface area (Å²) in [5.74, 6) is 0. The number of rotatable bonds is 9. The number of benzene rings is 1. The number of unbranched alkanes of at least 4 members (excludes halogenated alkanes) is 1. The summed E-state index contributed by atoms with van der Waals surface area (Å²) in [5.41, 5.74) is 2.87. The van der Waals surface area contributed by atoms with E-state index in [4.69, 9.17) is 0 Å². The van der Waals surface area contributed by atoms with Gasteiger partial charge in [0.05, 0.1) is 0 Å². The monoisotopic (exact) mass is 352 g/mol. The third-order valence-corrected chi connectivity index (χ3v) is 4.70. The molecule has 2 rings (SSSR count). The van der Waals surface area contributed by atoms with E-state index in [9.17, 15) is 0 Å². The van der Waals surface area contributed by atoms with Gasteiger partial charge in [-0.1, -0.05) is 42.3 Å². The first kappa shape index (κ1) is 16.8. The normalized spacial score (nSPS) is 16.0. The summed E-state index contributed by atoms with van der Waals surface area (Å²) in [5, 5.41) is 3.64. The zero-order chi connectivity index (χ0) is 15.2. The highest BCUT2D eigenvalue weighted by Crippen LogP contribution is 2.37. The Morgan fingerprint density at radius 2 is 2.05 bits per heavy atom.